The molecule has 2 rings (SSSR count). The van der Waals surface area contributed by atoms with Gasteiger partial charge in [-0.2, -0.15) is 0 Å². The van der Waals surface area contributed by atoms with Gasteiger partial charge in [-0.15, -0.1) is 46.7 Å². The summed E-state index contributed by atoms with van der Waals surface area (Å²) in [6, 6.07) is 0. The van der Waals surface area contributed by atoms with E-state index in [1.807, 2.05) is 13.1 Å². The van der Waals surface area contributed by atoms with Gasteiger partial charge in [0.15, 0.2) is 5.96 Å². The largest absolute Gasteiger partial charge is 0.356 e. The molecule has 0 saturated carbocycles. The Kier molecular flexibility index (Phi) is 8.88. The average Bonchev–Trinajstić information content (AvgIpc) is 3.11. The lowest BCUT2D eigenvalue weighted by Crippen LogP contribution is -2.37. The third-order valence-corrected chi connectivity index (χ3v) is 4.88. The van der Waals surface area contributed by atoms with E-state index >= 15 is 0 Å². The van der Waals surface area contributed by atoms with Crippen LogP contribution in [0.15, 0.2) is 16.6 Å². The lowest BCUT2D eigenvalue weighted by molar-refractivity contribution is 0.783. The van der Waals surface area contributed by atoms with Crippen LogP contribution in [0.5, 0.6) is 0 Å². The molecular formula is C14H22IN5S2. The van der Waals surface area contributed by atoms with Crippen molar-refractivity contribution in [1.82, 2.24) is 20.6 Å². The molecule has 2 heterocycles. The van der Waals surface area contributed by atoms with Crippen molar-refractivity contribution in [2.45, 2.75) is 33.2 Å². The summed E-state index contributed by atoms with van der Waals surface area (Å²) in [6.07, 6.45) is 3.89. The van der Waals surface area contributed by atoms with Gasteiger partial charge in [-0.25, -0.2) is 9.97 Å². The van der Waals surface area contributed by atoms with E-state index in [-0.39, 0.29) is 24.0 Å². The quantitative estimate of drug-likeness (QED) is 0.403. The zero-order valence-electron chi connectivity index (χ0n) is 13.0. The summed E-state index contributed by atoms with van der Waals surface area (Å²) in [5.74, 6) is 0.801. The van der Waals surface area contributed by atoms with Crippen LogP contribution in [0, 0.1) is 6.92 Å². The molecule has 2 aromatic heterocycles. The molecule has 0 amide bonds. The van der Waals surface area contributed by atoms with E-state index in [0.29, 0.717) is 6.54 Å². The lowest BCUT2D eigenvalue weighted by atomic mass is 10.3. The summed E-state index contributed by atoms with van der Waals surface area (Å²) >= 11 is 3.43. The Balaban J connectivity index is 0.00000242. The number of aryl methyl sites for hydroxylation is 2. The second kappa shape index (κ2) is 10.1. The standard InChI is InChI=1S/C14H21N5S2.HI/c1-4-12-7-17-13(21-12)8-18-14(15-3)16-6-5-11-9-20-10(2)19-11;/h7,9H,4-6,8H2,1-3H3,(H2,15,16,18);1H. The van der Waals surface area contributed by atoms with Gasteiger partial charge in [0.2, 0.25) is 0 Å². The third kappa shape index (κ3) is 6.17. The summed E-state index contributed by atoms with van der Waals surface area (Å²) in [7, 11) is 1.78. The smallest absolute Gasteiger partial charge is 0.191 e. The van der Waals surface area contributed by atoms with Gasteiger partial charge in [-0.05, 0) is 13.3 Å². The summed E-state index contributed by atoms with van der Waals surface area (Å²) < 4.78 is 0. The van der Waals surface area contributed by atoms with E-state index in [1.54, 1.807) is 29.7 Å². The first kappa shape index (κ1) is 19.3. The number of guanidine groups is 1. The Labute approximate surface area is 156 Å². The zero-order valence-corrected chi connectivity index (χ0v) is 17.0. The van der Waals surface area contributed by atoms with E-state index in [9.17, 15) is 0 Å². The van der Waals surface area contributed by atoms with E-state index < -0.39 is 0 Å². The second-order valence-corrected chi connectivity index (χ2v) is 6.80. The fraction of sp³-hybridized carbons (Fsp3) is 0.500. The molecule has 0 saturated heterocycles. The molecule has 5 nitrogen and oxygen atoms in total. The maximum Gasteiger partial charge on any atom is 0.191 e. The normalized spacial score (nSPS) is 11.1. The highest BCUT2D eigenvalue weighted by Crippen LogP contribution is 2.12. The number of hydrogen-bond acceptors (Lipinski definition) is 5. The van der Waals surface area contributed by atoms with Gasteiger partial charge < -0.3 is 10.6 Å². The van der Waals surface area contributed by atoms with Crippen molar-refractivity contribution in [2.24, 2.45) is 4.99 Å². The first-order chi connectivity index (χ1) is 10.2. The Morgan fingerprint density at radius 1 is 1.36 bits per heavy atom. The highest BCUT2D eigenvalue weighted by Gasteiger charge is 2.03. The summed E-state index contributed by atoms with van der Waals surface area (Å²) in [4.78, 5) is 14.4. The van der Waals surface area contributed by atoms with Crippen LogP contribution in [0.1, 0.15) is 27.5 Å². The number of nitrogens with one attached hydrogen (secondary N) is 2. The number of nitrogens with zero attached hydrogens (tertiary/aromatic N) is 3. The summed E-state index contributed by atoms with van der Waals surface area (Å²) in [5, 5.41) is 10.9. The fourth-order valence-electron chi connectivity index (χ4n) is 1.81. The summed E-state index contributed by atoms with van der Waals surface area (Å²) in [6.45, 7) is 5.70. The number of aromatic nitrogens is 2. The molecule has 0 aromatic carbocycles. The van der Waals surface area contributed by atoms with Crippen LogP contribution >= 0.6 is 46.7 Å². The van der Waals surface area contributed by atoms with Crippen molar-refractivity contribution in [3.8, 4) is 0 Å². The number of rotatable bonds is 6. The molecule has 2 aromatic rings. The minimum atomic E-state index is 0. The first-order valence-corrected chi connectivity index (χ1v) is 8.70. The van der Waals surface area contributed by atoms with Gasteiger partial charge in [0.1, 0.15) is 5.01 Å². The zero-order chi connectivity index (χ0) is 15.1. The Hall–Kier alpha value is -0.740. The molecule has 22 heavy (non-hydrogen) atoms. The molecular weight excluding hydrogens is 429 g/mol. The molecule has 0 radical (unpaired) electrons. The monoisotopic (exact) mass is 451 g/mol. The lowest BCUT2D eigenvalue weighted by Gasteiger charge is -2.10. The van der Waals surface area contributed by atoms with Gasteiger partial charge in [0.25, 0.3) is 0 Å². The molecule has 0 aliphatic rings. The molecule has 0 aliphatic carbocycles. The Morgan fingerprint density at radius 3 is 2.77 bits per heavy atom. The van der Waals surface area contributed by atoms with Gasteiger partial charge in [-0.3, -0.25) is 4.99 Å². The van der Waals surface area contributed by atoms with Crippen LogP contribution in [0.2, 0.25) is 0 Å². The molecule has 0 fully saturated rings. The van der Waals surface area contributed by atoms with E-state index in [4.69, 9.17) is 0 Å². The molecule has 0 unspecified atom stereocenters. The van der Waals surface area contributed by atoms with Gasteiger partial charge in [-0.1, -0.05) is 6.92 Å². The first-order valence-electron chi connectivity index (χ1n) is 7.00. The van der Waals surface area contributed by atoms with Crippen molar-refractivity contribution < 1.29 is 0 Å². The van der Waals surface area contributed by atoms with Gasteiger partial charge in [0, 0.05) is 36.5 Å². The molecule has 0 spiro atoms. The number of hydrogen-bond donors (Lipinski definition) is 2. The Morgan fingerprint density at radius 2 is 2.18 bits per heavy atom. The van der Waals surface area contributed by atoms with E-state index in [0.717, 1.165) is 41.1 Å². The maximum absolute atomic E-state index is 4.45. The average molecular weight is 451 g/mol. The maximum atomic E-state index is 4.45. The number of halogens is 1. The minimum Gasteiger partial charge on any atom is -0.356 e. The van der Waals surface area contributed by atoms with E-state index in [2.05, 4.69) is 37.9 Å². The van der Waals surface area contributed by atoms with Crippen molar-refractivity contribution in [3.63, 3.8) is 0 Å². The van der Waals surface area contributed by atoms with E-state index in [1.165, 1.54) is 4.88 Å². The molecule has 0 aliphatic heterocycles. The van der Waals surface area contributed by atoms with Crippen LogP contribution in [0.4, 0.5) is 0 Å². The Bertz CT molecular complexity index is 594. The minimum absolute atomic E-state index is 0. The van der Waals surface area contributed by atoms with Crippen LogP contribution in [0.3, 0.4) is 0 Å². The second-order valence-electron chi connectivity index (χ2n) is 4.53. The molecule has 0 atom stereocenters. The highest BCUT2D eigenvalue weighted by molar-refractivity contribution is 14.0. The molecule has 0 bridgehead atoms. The van der Waals surface area contributed by atoms with Crippen molar-refractivity contribution in [2.75, 3.05) is 13.6 Å². The van der Waals surface area contributed by atoms with Gasteiger partial charge in [0.05, 0.1) is 17.2 Å². The van der Waals surface area contributed by atoms with Crippen LogP contribution in [-0.2, 0) is 19.4 Å². The third-order valence-electron chi connectivity index (χ3n) is 2.92. The highest BCUT2D eigenvalue weighted by atomic mass is 127. The van der Waals surface area contributed by atoms with Crippen molar-refractivity contribution in [1.29, 1.82) is 0 Å². The molecule has 8 heteroatoms. The fourth-order valence-corrected chi connectivity index (χ4v) is 3.25. The molecule has 2 N–H and O–H groups in total. The predicted molar refractivity (Wildman–Crippen MR) is 106 cm³/mol. The topological polar surface area (TPSA) is 62.2 Å². The SMILES string of the molecule is CCc1cnc(CNC(=NC)NCCc2csc(C)n2)s1.I. The van der Waals surface area contributed by atoms with Crippen LogP contribution in [0.25, 0.3) is 0 Å². The molecule has 122 valence electrons. The number of aliphatic imine (C=N–C) groups is 1. The number of thiazole rings is 2. The van der Waals surface area contributed by atoms with Crippen molar-refractivity contribution in [3.05, 3.63) is 32.2 Å². The predicted octanol–water partition coefficient (Wildman–Crippen LogP) is 3.00. The van der Waals surface area contributed by atoms with Gasteiger partial charge >= 0.3 is 0 Å². The van der Waals surface area contributed by atoms with Crippen LogP contribution < -0.4 is 10.6 Å². The summed E-state index contributed by atoms with van der Waals surface area (Å²) in [5.41, 5.74) is 1.13. The van der Waals surface area contributed by atoms with Crippen LogP contribution in [-0.4, -0.2) is 29.5 Å². The van der Waals surface area contributed by atoms with Crippen molar-refractivity contribution >= 4 is 52.6 Å².